The van der Waals surface area contributed by atoms with Crippen molar-refractivity contribution < 1.29 is 9.26 Å². The van der Waals surface area contributed by atoms with E-state index in [9.17, 15) is 4.79 Å². The molecule has 4 aromatic rings. The Morgan fingerprint density at radius 1 is 1.33 bits per heavy atom. The van der Waals surface area contributed by atoms with Crippen LogP contribution in [0.3, 0.4) is 0 Å². The molecule has 0 saturated heterocycles. The number of rotatable bonds is 7. The predicted molar refractivity (Wildman–Crippen MR) is 98.7 cm³/mol. The lowest BCUT2D eigenvalue weighted by Gasteiger charge is -2.13. The van der Waals surface area contributed by atoms with Gasteiger partial charge < -0.3 is 9.26 Å². The van der Waals surface area contributed by atoms with E-state index in [1.807, 2.05) is 27.8 Å². The molecule has 11 heteroatoms. The van der Waals surface area contributed by atoms with E-state index in [-0.39, 0.29) is 5.56 Å². The van der Waals surface area contributed by atoms with E-state index in [1.165, 1.54) is 15.9 Å². The van der Waals surface area contributed by atoms with E-state index in [1.54, 1.807) is 14.2 Å². The lowest BCUT2D eigenvalue weighted by Crippen LogP contribution is -2.22. The molecule has 4 aromatic heterocycles. The highest BCUT2D eigenvalue weighted by Gasteiger charge is 2.17. The molecule has 0 aliphatic carbocycles. The summed E-state index contributed by atoms with van der Waals surface area (Å²) in [7, 11) is 5.28. The standard InChI is InChI=1S/C16H19N7O3S/c1-21(9-13-17-11(20-26-13)4-6-25-3)8-12-18-19-16-22(2)15(24)14-10(23(12)16)5-7-27-14/h5,7H,4,6,8-9H2,1-3H3. The van der Waals surface area contributed by atoms with Crippen LogP contribution >= 0.6 is 11.3 Å². The maximum absolute atomic E-state index is 12.4. The van der Waals surface area contributed by atoms with Crippen molar-refractivity contribution in [2.45, 2.75) is 19.5 Å². The summed E-state index contributed by atoms with van der Waals surface area (Å²) in [6.45, 7) is 1.55. The van der Waals surface area contributed by atoms with Crippen LogP contribution in [0.5, 0.6) is 0 Å². The van der Waals surface area contributed by atoms with Crippen molar-refractivity contribution in [2.24, 2.45) is 7.05 Å². The normalized spacial score (nSPS) is 12.0. The number of thiophene rings is 1. The van der Waals surface area contributed by atoms with Gasteiger partial charge in [-0.15, -0.1) is 21.5 Å². The van der Waals surface area contributed by atoms with Crippen molar-refractivity contribution in [3.05, 3.63) is 39.3 Å². The largest absolute Gasteiger partial charge is 0.384 e. The Balaban J connectivity index is 1.58. The van der Waals surface area contributed by atoms with Gasteiger partial charge in [0, 0.05) is 20.6 Å². The smallest absolute Gasteiger partial charge is 0.272 e. The molecule has 0 aliphatic heterocycles. The molecule has 4 heterocycles. The van der Waals surface area contributed by atoms with Gasteiger partial charge in [0.2, 0.25) is 11.7 Å². The van der Waals surface area contributed by atoms with E-state index in [0.717, 1.165) is 11.3 Å². The fraction of sp³-hybridized carbons (Fsp3) is 0.438. The monoisotopic (exact) mass is 389 g/mol. The van der Waals surface area contributed by atoms with Crippen molar-refractivity contribution in [2.75, 3.05) is 20.8 Å². The van der Waals surface area contributed by atoms with E-state index >= 15 is 0 Å². The second-order valence-electron chi connectivity index (χ2n) is 6.27. The zero-order valence-electron chi connectivity index (χ0n) is 15.2. The lowest BCUT2D eigenvalue weighted by molar-refractivity contribution is 0.199. The van der Waals surface area contributed by atoms with Crippen molar-refractivity contribution in [1.29, 1.82) is 0 Å². The molecular weight excluding hydrogens is 370 g/mol. The molecule has 0 amide bonds. The van der Waals surface area contributed by atoms with Crippen LogP contribution in [0.2, 0.25) is 0 Å². The second-order valence-corrected chi connectivity index (χ2v) is 7.19. The van der Waals surface area contributed by atoms with Crippen LogP contribution in [0.1, 0.15) is 17.5 Å². The van der Waals surface area contributed by atoms with Gasteiger partial charge in [0.15, 0.2) is 11.6 Å². The van der Waals surface area contributed by atoms with Gasteiger partial charge in [-0.05, 0) is 18.5 Å². The molecule has 142 valence electrons. The zero-order valence-corrected chi connectivity index (χ0v) is 16.1. The van der Waals surface area contributed by atoms with Crippen LogP contribution in [-0.4, -0.2) is 55.0 Å². The summed E-state index contributed by atoms with van der Waals surface area (Å²) >= 11 is 1.42. The Hall–Kier alpha value is -2.63. The molecule has 27 heavy (non-hydrogen) atoms. The first kappa shape index (κ1) is 17.8. The molecule has 0 saturated carbocycles. The van der Waals surface area contributed by atoms with Gasteiger partial charge in [0.1, 0.15) is 4.70 Å². The van der Waals surface area contributed by atoms with Crippen LogP contribution in [0.4, 0.5) is 0 Å². The molecule has 4 rings (SSSR count). The van der Waals surface area contributed by atoms with Gasteiger partial charge in [0.25, 0.3) is 5.56 Å². The highest BCUT2D eigenvalue weighted by atomic mass is 32.1. The Morgan fingerprint density at radius 2 is 2.19 bits per heavy atom. The number of ether oxygens (including phenoxy) is 1. The van der Waals surface area contributed by atoms with Crippen LogP contribution in [0, 0.1) is 0 Å². The molecule has 0 aliphatic rings. The third-order valence-electron chi connectivity index (χ3n) is 4.25. The van der Waals surface area contributed by atoms with Crippen molar-refractivity contribution in [3.8, 4) is 0 Å². The highest BCUT2D eigenvalue weighted by Crippen LogP contribution is 2.19. The second kappa shape index (κ2) is 7.18. The van der Waals surface area contributed by atoms with Crippen molar-refractivity contribution in [3.63, 3.8) is 0 Å². The SMILES string of the molecule is COCCc1noc(CN(C)Cc2nnc3n(C)c(=O)c4sccc4n23)n1. The number of hydrogen-bond donors (Lipinski definition) is 0. The van der Waals surface area contributed by atoms with Gasteiger partial charge in [-0.25, -0.2) is 0 Å². The minimum atomic E-state index is -0.0609. The quantitative estimate of drug-likeness (QED) is 0.458. The van der Waals surface area contributed by atoms with Gasteiger partial charge in [-0.2, -0.15) is 4.98 Å². The molecule has 0 unspecified atom stereocenters. The Labute approximate surface area is 158 Å². The average molecular weight is 389 g/mol. The molecule has 0 fully saturated rings. The first-order valence-corrected chi connectivity index (χ1v) is 9.25. The molecule has 0 spiro atoms. The number of hydrogen-bond acceptors (Lipinski definition) is 9. The van der Waals surface area contributed by atoms with Gasteiger partial charge in [0.05, 0.1) is 25.2 Å². The predicted octanol–water partition coefficient (Wildman–Crippen LogP) is 0.847. The topological polar surface area (TPSA) is 104 Å². The molecule has 10 nitrogen and oxygen atoms in total. The fourth-order valence-corrected chi connectivity index (χ4v) is 3.78. The Bertz CT molecular complexity index is 1140. The van der Waals surface area contributed by atoms with Crippen molar-refractivity contribution in [1.82, 2.24) is 34.2 Å². The van der Waals surface area contributed by atoms with E-state index in [2.05, 4.69) is 20.3 Å². The van der Waals surface area contributed by atoms with E-state index in [0.29, 0.717) is 48.3 Å². The van der Waals surface area contributed by atoms with Crippen LogP contribution in [0.15, 0.2) is 20.8 Å². The lowest BCUT2D eigenvalue weighted by atomic mass is 10.4. The number of fused-ring (bicyclic) bond motifs is 3. The maximum Gasteiger partial charge on any atom is 0.272 e. The summed E-state index contributed by atoms with van der Waals surface area (Å²) in [6, 6.07) is 1.92. The van der Waals surface area contributed by atoms with Gasteiger partial charge in [-0.1, -0.05) is 5.16 Å². The molecule has 0 bridgehead atoms. The summed E-state index contributed by atoms with van der Waals surface area (Å²) in [6.07, 6.45) is 0.614. The molecule has 0 atom stereocenters. The fourth-order valence-electron chi connectivity index (χ4n) is 2.93. The number of aryl methyl sites for hydroxylation is 1. The maximum atomic E-state index is 12.4. The summed E-state index contributed by atoms with van der Waals surface area (Å²) in [5.41, 5.74) is 0.764. The zero-order chi connectivity index (χ0) is 19.0. The third-order valence-corrected chi connectivity index (χ3v) is 5.15. The highest BCUT2D eigenvalue weighted by molar-refractivity contribution is 7.17. The average Bonchev–Trinajstić information content (AvgIpc) is 3.37. The Kier molecular flexibility index (Phi) is 4.72. The van der Waals surface area contributed by atoms with Gasteiger partial charge >= 0.3 is 0 Å². The summed E-state index contributed by atoms with van der Waals surface area (Å²) in [5.74, 6) is 2.42. The van der Waals surface area contributed by atoms with Crippen LogP contribution in [0.25, 0.3) is 16.0 Å². The molecular formula is C16H19N7O3S. The molecule has 0 aromatic carbocycles. The third kappa shape index (κ3) is 3.24. The van der Waals surface area contributed by atoms with E-state index < -0.39 is 0 Å². The first-order valence-electron chi connectivity index (χ1n) is 8.37. The van der Waals surface area contributed by atoms with Crippen LogP contribution in [-0.2, 0) is 31.3 Å². The summed E-state index contributed by atoms with van der Waals surface area (Å²) in [5, 5.41) is 14.3. The summed E-state index contributed by atoms with van der Waals surface area (Å²) in [4.78, 5) is 18.8. The molecule has 0 radical (unpaired) electrons. The first-order chi connectivity index (χ1) is 13.1. The minimum Gasteiger partial charge on any atom is -0.384 e. The number of methoxy groups -OCH3 is 1. The molecule has 0 N–H and O–H groups in total. The summed E-state index contributed by atoms with van der Waals surface area (Å²) < 4.78 is 14.4. The number of nitrogens with zero attached hydrogens (tertiary/aromatic N) is 7. The van der Waals surface area contributed by atoms with Crippen LogP contribution < -0.4 is 5.56 Å². The van der Waals surface area contributed by atoms with Gasteiger partial charge in [-0.3, -0.25) is 18.7 Å². The minimum absolute atomic E-state index is 0.0609. The van der Waals surface area contributed by atoms with E-state index in [4.69, 9.17) is 9.26 Å². The Morgan fingerprint density at radius 3 is 3.00 bits per heavy atom. The number of aromatic nitrogens is 6. The van der Waals surface area contributed by atoms with Crippen molar-refractivity contribution >= 4 is 27.3 Å².